The molecule has 1 heteroatoms. The van der Waals surface area contributed by atoms with Gasteiger partial charge >= 0.3 is 0 Å². The molecule has 0 aromatic rings. The van der Waals surface area contributed by atoms with Crippen LogP contribution in [0.3, 0.4) is 0 Å². The lowest BCUT2D eigenvalue weighted by molar-refractivity contribution is 0.357. The summed E-state index contributed by atoms with van der Waals surface area (Å²) < 4.78 is 0. The first-order valence-corrected chi connectivity index (χ1v) is 7.10. The van der Waals surface area contributed by atoms with Gasteiger partial charge in [-0.15, -0.1) is 0 Å². The Hall–Kier alpha value is -0.0400. The Kier molecular flexibility index (Phi) is 7.08. The van der Waals surface area contributed by atoms with E-state index in [0.717, 1.165) is 5.92 Å². The van der Waals surface area contributed by atoms with Gasteiger partial charge in [-0.1, -0.05) is 58.3 Å². The summed E-state index contributed by atoms with van der Waals surface area (Å²) in [5, 5.41) is 0. The van der Waals surface area contributed by atoms with Gasteiger partial charge in [-0.25, -0.2) is 0 Å². The molecule has 0 radical (unpaired) electrons. The fourth-order valence-corrected chi connectivity index (χ4v) is 2.78. The average Bonchev–Trinajstić information content (AvgIpc) is 2.44. The van der Waals surface area contributed by atoms with Crippen LogP contribution < -0.4 is 5.73 Å². The van der Waals surface area contributed by atoms with Crippen molar-refractivity contribution < 1.29 is 0 Å². The average molecular weight is 211 g/mol. The minimum Gasteiger partial charge on any atom is -0.327 e. The molecule has 0 saturated heterocycles. The summed E-state index contributed by atoms with van der Waals surface area (Å²) >= 11 is 0. The molecule has 0 amide bonds. The van der Waals surface area contributed by atoms with Gasteiger partial charge in [0.25, 0.3) is 0 Å². The van der Waals surface area contributed by atoms with E-state index in [1.54, 1.807) is 0 Å². The van der Waals surface area contributed by atoms with Crippen molar-refractivity contribution in [3.8, 4) is 0 Å². The first-order valence-electron chi connectivity index (χ1n) is 7.10. The Morgan fingerprint density at radius 1 is 0.933 bits per heavy atom. The van der Waals surface area contributed by atoms with Crippen molar-refractivity contribution in [1.82, 2.24) is 0 Å². The normalized spacial score (nSPS) is 27.6. The van der Waals surface area contributed by atoms with Gasteiger partial charge in [-0.3, -0.25) is 0 Å². The van der Waals surface area contributed by atoms with Gasteiger partial charge in [0.05, 0.1) is 0 Å². The molecule has 2 atom stereocenters. The van der Waals surface area contributed by atoms with Crippen LogP contribution in [-0.4, -0.2) is 6.04 Å². The number of hydrogen-bond donors (Lipinski definition) is 1. The maximum absolute atomic E-state index is 6.22. The van der Waals surface area contributed by atoms with Gasteiger partial charge in [0.2, 0.25) is 0 Å². The molecular weight excluding hydrogens is 182 g/mol. The third-order valence-electron chi connectivity index (χ3n) is 3.90. The zero-order chi connectivity index (χ0) is 10.9. The molecule has 2 N–H and O–H groups in total. The Morgan fingerprint density at radius 2 is 1.67 bits per heavy atom. The summed E-state index contributed by atoms with van der Waals surface area (Å²) in [6.07, 6.45) is 15.3. The highest BCUT2D eigenvalue weighted by Crippen LogP contribution is 2.26. The van der Waals surface area contributed by atoms with Crippen LogP contribution >= 0.6 is 0 Å². The Morgan fingerprint density at radius 3 is 2.47 bits per heavy atom. The molecule has 1 fully saturated rings. The maximum atomic E-state index is 6.22. The Bertz CT molecular complexity index is 144. The van der Waals surface area contributed by atoms with Gasteiger partial charge in [0, 0.05) is 6.04 Å². The fraction of sp³-hybridized carbons (Fsp3) is 1.00. The molecule has 0 aromatic heterocycles. The maximum Gasteiger partial charge on any atom is 0.00671 e. The highest BCUT2D eigenvalue weighted by atomic mass is 14.6. The van der Waals surface area contributed by atoms with Crippen molar-refractivity contribution in [2.45, 2.75) is 83.6 Å². The first kappa shape index (κ1) is 13.0. The van der Waals surface area contributed by atoms with Crippen LogP contribution in [0.1, 0.15) is 77.6 Å². The molecule has 2 unspecified atom stereocenters. The molecule has 0 bridgehead atoms. The predicted octanol–water partition coefficient (Wildman–Crippen LogP) is 4.25. The second-order valence-corrected chi connectivity index (χ2v) is 5.26. The van der Waals surface area contributed by atoms with Crippen LogP contribution in [0.15, 0.2) is 0 Å². The van der Waals surface area contributed by atoms with E-state index in [-0.39, 0.29) is 0 Å². The number of hydrogen-bond acceptors (Lipinski definition) is 1. The number of nitrogens with two attached hydrogens (primary N) is 1. The van der Waals surface area contributed by atoms with Crippen molar-refractivity contribution in [2.75, 3.05) is 0 Å². The minimum atomic E-state index is 0.513. The van der Waals surface area contributed by atoms with Gasteiger partial charge < -0.3 is 5.73 Å². The predicted molar refractivity (Wildman–Crippen MR) is 67.9 cm³/mol. The summed E-state index contributed by atoms with van der Waals surface area (Å²) in [5.74, 6) is 0.842. The first-order chi connectivity index (χ1) is 7.34. The molecular formula is C14H29N. The van der Waals surface area contributed by atoms with E-state index < -0.39 is 0 Å². The van der Waals surface area contributed by atoms with Crippen molar-refractivity contribution in [1.29, 1.82) is 0 Å². The lowest BCUT2D eigenvalue weighted by Gasteiger charge is -2.21. The van der Waals surface area contributed by atoms with E-state index in [1.807, 2.05) is 0 Å². The summed E-state index contributed by atoms with van der Waals surface area (Å²) in [4.78, 5) is 0. The smallest absolute Gasteiger partial charge is 0.00671 e. The van der Waals surface area contributed by atoms with Crippen LogP contribution in [0.4, 0.5) is 0 Å². The number of rotatable bonds is 6. The molecule has 0 aromatic carbocycles. The van der Waals surface area contributed by atoms with E-state index in [4.69, 9.17) is 5.73 Å². The zero-order valence-electron chi connectivity index (χ0n) is 10.5. The second-order valence-electron chi connectivity index (χ2n) is 5.26. The van der Waals surface area contributed by atoms with Gasteiger partial charge in [-0.2, -0.15) is 0 Å². The third-order valence-corrected chi connectivity index (χ3v) is 3.90. The van der Waals surface area contributed by atoms with Crippen molar-refractivity contribution in [3.63, 3.8) is 0 Å². The van der Waals surface area contributed by atoms with Crippen LogP contribution in [0.5, 0.6) is 0 Å². The van der Waals surface area contributed by atoms with E-state index in [2.05, 4.69) is 6.92 Å². The zero-order valence-corrected chi connectivity index (χ0v) is 10.5. The highest BCUT2D eigenvalue weighted by molar-refractivity contribution is 4.76. The van der Waals surface area contributed by atoms with Crippen molar-refractivity contribution in [2.24, 2.45) is 11.7 Å². The summed E-state index contributed by atoms with van der Waals surface area (Å²) in [6.45, 7) is 2.28. The van der Waals surface area contributed by atoms with Gasteiger partial charge in [0.15, 0.2) is 0 Å². The van der Waals surface area contributed by atoms with Crippen LogP contribution in [0.25, 0.3) is 0 Å². The van der Waals surface area contributed by atoms with Crippen LogP contribution in [0, 0.1) is 5.92 Å². The molecule has 0 aliphatic heterocycles. The Balaban J connectivity index is 2.07. The third kappa shape index (κ3) is 5.55. The molecule has 1 aliphatic rings. The summed E-state index contributed by atoms with van der Waals surface area (Å²) in [5.41, 5.74) is 6.22. The van der Waals surface area contributed by atoms with E-state index in [9.17, 15) is 0 Å². The monoisotopic (exact) mass is 211 g/mol. The molecule has 1 nitrogen and oxygen atoms in total. The number of unbranched alkanes of at least 4 members (excludes halogenated alkanes) is 4. The minimum absolute atomic E-state index is 0.513. The second kappa shape index (κ2) is 8.15. The van der Waals surface area contributed by atoms with Gasteiger partial charge in [0.1, 0.15) is 0 Å². The lowest BCUT2D eigenvalue weighted by atomic mass is 9.90. The topological polar surface area (TPSA) is 26.0 Å². The molecule has 15 heavy (non-hydrogen) atoms. The Labute approximate surface area is 95.8 Å². The van der Waals surface area contributed by atoms with E-state index >= 15 is 0 Å². The van der Waals surface area contributed by atoms with Crippen molar-refractivity contribution >= 4 is 0 Å². The van der Waals surface area contributed by atoms with E-state index in [1.165, 1.54) is 70.6 Å². The van der Waals surface area contributed by atoms with Gasteiger partial charge in [-0.05, 0) is 25.2 Å². The molecule has 1 saturated carbocycles. The molecule has 0 spiro atoms. The van der Waals surface area contributed by atoms with E-state index in [0.29, 0.717) is 6.04 Å². The highest BCUT2D eigenvalue weighted by Gasteiger charge is 2.19. The van der Waals surface area contributed by atoms with Crippen molar-refractivity contribution in [3.05, 3.63) is 0 Å². The standard InChI is InChI=1S/C14H29N/c1-2-3-4-5-7-10-13-11-8-6-9-12-14(13)15/h13-14H,2-12,15H2,1H3. The van der Waals surface area contributed by atoms with Crippen LogP contribution in [0.2, 0.25) is 0 Å². The fourth-order valence-electron chi connectivity index (χ4n) is 2.78. The summed E-state index contributed by atoms with van der Waals surface area (Å²) in [7, 11) is 0. The molecule has 90 valence electrons. The quantitative estimate of drug-likeness (QED) is 0.516. The molecule has 1 rings (SSSR count). The molecule has 0 heterocycles. The SMILES string of the molecule is CCCCCCCC1CCCCCC1N. The largest absolute Gasteiger partial charge is 0.327 e. The van der Waals surface area contributed by atoms with Crippen LogP contribution in [-0.2, 0) is 0 Å². The molecule has 1 aliphatic carbocycles. The lowest BCUT2D eigenvalue weighted by Crippen LogP contribution is -2.28. The summed E-state index contributed by atoms with van der Waals surface area (Å²) in [6, 6.07) is 0.513.